The first-order valence-electron chi connectivity index (χ1n) is 4.10. The quantitative estimate of drug-likeness (QED) is 0.563. The summed E-state index contributed by atoms with van der Waals surface area (Å²) in [6.07, 6.45) is -0.478. The number of aliphatic hydroxyl groups excluding tert-OH is 2. The number of hydrogen-bond donors (Lipinski definition) is 2. The van der Waals surface area contributed by atoms with E-state index in [1.807, 2.05) is 18.9 Å². The summed E-state index contributed by atoms with van der Waals surface area (Å²) in [5.41, 5.74) is 0. The molecule has 2 atom stereocenters. The van der Waals surface area contributed by atoms with E-state index < -0.39 is 6.10 Å². The lowest BCUT2D eigenvalue weighted by Crippen LogP contribution is -2.39. The number of methoxy groups -OCH3 is 1. The highest BCUT2D eigenvalue weighted by atomic mass is 16.5. The highest BCUT2D eigenvalue weighted by Gasteiger charge is 2.12. The van der Waals surface area contributed by atoms with Gasteiger partial charge in [0, 0.05) is 19.7 Å². The van der Waals surface area contributed by atoms with E-state index in [1.165, 1.54) is 0 Å². The summed E-state index contributed by atoms with van der Waals surface area (Å²) < 4.78 is 4.78. The minimum atomic E-state index is -0.478. The first-order chi connectivity index (χ1) is 5.61. The molecule has 0 aliphatic carbocycles. The second-order valence-electron chi connectivity index (χ2n) is 3.08. The molecule has 0 aliphatic rings. The van der Waals surface area contributed by atoms with Gasteiger partial charge in [-0.25, -0.2) is 0 Å². The number of nitrogens with zero attached hydrogens (tertiary/aromatic N) is 1. The third kappa shape index (κ3) is 4.66. The Labute approximate surface area is 73.8 Å². The van der Waals surface area contributed by atoms with Gasteiger partial charge in [0.15, 0.2) is 0 Å². The Morgan fingerprint density at radius 3 is 2.50 bits per heavy atom. The summed E-state index contributed by atoms with van der Waals surface area (Å²) in [5.74, 6) is 0. The van der Waals surface area contributed by atoms with Gasteiger partial charge < -0.3 is 14.9 Å². The van der Waals surface area contributed by atoms with Crippen molar-refractivity contribution < 1.29 is 14.9 Å². The van der Waals surface area contributed by atoms with Crippen molar-refractivity contribution in [3.8, 4) is 0 Å². The molecule has 0 aliphatic heterocycles. The van der Waals surface area contributed by atoms with Crippen LogP contribution in [0, 0.1) is 0 Å². The molecular formula is C8H19NO3. The van der Waals surface area contributed by atoms with Crippen molar-refractivity contribution in [1.29, 1.82) is 0 Å². The topological polar surface area (TPSA) is 52.9 Å². The van der Waals surface area contributed by atoms with Crippen LogP contribution in [0.25, 0.3) is 0 Å². The summed E-state index contributed by atoms with van der Waals surface area (Å²) in [6.45, 7) is 2.87. The van der Waals surface area contributed by atoms with Crippen LogP contribution in [-0.2, 0) is 4.74 Å². The third-order valence-corrected chi connectivity index (χ3v) is 1.87. The molecule has 0 spiro atoms. The smallest absolute Gasteiger partial charge is 0.0900 e. The first kappa shape index (κ1) is 11.8. The lowest BCUT2D eigenvalue weighted by atomic mass is 10.3. The van der Waals surface area contributed by atoms with E-state index in [2.05, 4.69) is 0 Å². The van der Waals surface area contributed by atoms with Gasteiger partial charge in [0.1, 0.15) is 0 Å². The molecule has 0 radical (unpaired) electrons. The zero-order chi connectivity index (χ0) is 9.56. The molecule has 12 heavy (non-hydrogen) atoms. The van der Waals surface area contributed by atoms with Crippen LogP contribution in [0.3, 0.4) is 0 Å². The second-order valence-corrected chi connectivity index (χ2v) is 3.08. The van der Waals surface area contributed by atoms with Crippen LogP contribution >= 0.6 is 0 Å². The number of aliphatic hydroxyl groups is 2. The molecular weight excluding hydrogens is 158 g/mol. The number of rotatable bonds is 6. The zero-order valence-corrected chi connectivity index (χ0v) is 8.03. The van der Waals surface area contributed by atoms with Gasteiger partial charge in [-0.2, -0.15) is 0 Å². The van der Waals surface area contributed by atoms with Gasteiger partial charge in [-0.15, -0.1) is 0 Å². The fourth-order valence-corrected chi connectivity index (χ4v) is 0.897. The molecule has 0 fully saturated rings. The van der Waals surface area contributed by atoms with E-state index in [4.69, 9.17) is 9.84 Å². The molecule has 0 aromatic rings. The zero-order valence-electron chi connectivity index (χ0n) is 8.03. The Morgan fingerprint density at radius 2 is 2.08 bits per heavy atom. The molecule has 0 rings (SSSR count). The van der Waals surface area contributed by atoms with Crippen LogP contribution in [0.2, 0.25) is 0 Å². The van der Waals surface area contributed by atoms with Crippen molar-refractivity contribution in [3.05, 3.63) is 0 Å². The van der Waals surface area contributed by atoms with Crippen molar-refractivity contribution in [2.75, 3.05) is 33.9 Å². The molecule has 0 aromatic carbocycles. The second kappa shape index (κ2) is 6.37. The Hall–Kier alpha value is -0.160. The maximum atomic E-state index is 9.32. The molecule has 4 heteroatoms. The maximum absolute atomic E-state index is 9.32. The van der Waals surface area contributed by atoms with Crippen LogP contribution in [0.1, 0.15) is 6.92 Å². The van der Waals surface area contributed by atoms with Gasteiger partial charge in [-0.05, 0) is 14.0 Å². The van der Waals surface area contributed by atoms with Crippen LogP contribution in [-0.4, -0.2) is 61.2 Å². The largest absolute Gasteiger partial charge is 0.395 e. The number of hydrogen-bond acceptors (Lipinski definition) is 4. The summed E-state index contributed by atoms with van der Waals surface area (Å²) in [5, 5.41) is 18.1. The predicted molar refractivity (Wildman–Crippen MR) is 47.1 cm³/mol. The van der Waals surface area contributed by atoms with Crippen LogP contribution in [0.15, 0.2) is 0 Å². The fourth-order valence-electron chi connectivity index (χ4n) is 0.897. The van der Waals surface area contributed by atoms with Crippen molar-refractivity contribution in [2.24, 2.45) is 0 Å². The van der Waals surface area contributed by atoms with E-state index in [9.17, 15) is 5.11 Å². The number of likely N-dealkylation sites (N-methyl/N-ethyl adjacent to an activating group) is 1. The van der Waals surface area contributed by atoms with E-state index in [1.54, 1.807) is 7.11 Å². The maximum Gasteiger partial charge on any atom is 0.0900 e. The highest BCUT2D eigenvalue weighted by Crippen LogP contribution is 1.96. The molecule has 0 heterocycles. The summed E-state index contributed by atoms with van der Waals surface area (Å²) >= 11 is 0. The average molecular weight is 177 g/mol. The Kier molecular flexibility index (Phi) is 6.28. The normalized spacial score (nSPS) is 16.5. The highest BCUT2D eigenvalue weighted by molar-refractivity contribution is 4.66. The van der Waals surface area contributed by atoms with Gasteiger partial charge in [-0.3, -0.25) is 4.90 Å². The molecule has 0 bridgehead atoms. The molecule has 0 saturated carbocycles. The Morgan fingerprint density at radius 1 is 1.50 bits per heavy atom. The van der Waals surface area contributed by atoms with Gasteiger partial charge in [-0.1, -0.05) is 0 Å². The standard InChI is InChI=1S/C8H19NO3/c1-7(5-10)9(2)4-8(11)6-12-3/h7-8,10-11H,4-6H2,1-3H3. The Bertz CT molecular complexity index is 110. The monoisotopic (exact) mass is 177 g/mol. The van der Waals surface area contributed by atoms with Gasteiger partial charge in [0.2, 0.25) is 0 Å². The van der Waals surface area contributed by atoms with E-state index >= 15 is 0 Å². The van der Waals surface area contributed by atoms with Crippen molar-refractivity contribution >= 4 is 0 Å². The molecule has 2 N–H and O–H groups in total. The molecule has 74 valence electrons. The van der Waals surface area contributed by atoms with Crippen molar-refractivity contribution in [1.82, 2.24) is 4.90 Å². The van der Waals surface area contributed by atoms with Crippen molar-refractivity contribution in [2.45, 2.75) is 19.1 Å². The van der Waals surface area contributed by atoms with E-state index in [-0.39, 0.29) is 12.6 Å². The third-order valence-electron chi connectivity index (χ3n) is 1.87. The average Bonchev–Trinajstić information content (AvgIpc) is 2.03. The van der Waals surface area contributed by atoms with Gasteiger partial charge in [0.05, 0.1) is 19.3 Å². The minimum absolute atomic E-state index is 0.0801. The van der Waals surface area contributed by atoms with E-state index in [0.717, 1.165) is 0 Å². The lowest BCUT2D eigenvalue weighted by Gasteiger charge is -2.24. The molecule has 0 amide bonds. The first-order valence-corrected chi connectivity index (χ1v) is 4.10. The van der Waals surface area contributed by atoms with Crippen LogP contribution in [0.4, 0.5) is 0 Å². The minimum Gasteiger partial charge on any atom is -0.395 e. The summed E-state index contributed by atoms with van der Waals surface area (Å²) in [6, 6.07) is 0.0801. The van der Waals surface area contributed by atoms with Crippen LogP contribution in [0.5, 0.6) is 0 Å². The molecule has 0 saturated heterocycles. The molecule has 0 aromatic heterocycles. The SMILES string of the molecule is COCC(O)CN(C)C(C)CO. The van der Waals surface area contributed by atoms with Crippen molar-refractivity contribution in [3.63, 3.8) is 0 Å². The predicted octanol–water partition coefficient (Wildman–Crippen LogP) is -0.694. The molecule has 2 unspecified atom stereocenters. The summed E-state index contributed by atoms with van der Waals surface area (Å²) in [7, 11) is 3.42. The van der Waals surface area contributed by atoms with Gasteiger partial charge in [0.25, 0.3) is 0 Å². The van der Waals surface area contributed by atoms with Gasteiger partial charge >= 0.3 is 0 Å². The van der Waals surface area contributed by atoms with E-state index in [0.29, 0.717) is 13.2 Å². The summed E-state index contributed by atoms with van der Waals surface area (Å²) in [4.78, 5) is 1.89. The Balaban J connectivity index is 3.59. The lowest BCUT2D eigenvalue weighted by molar-refractivity contribution is 0.0292. The van der Waals surface area contributed by atoms with Crippen LogP contribution < -0.4 is 0 Å². The fraction of sp³-hybridized carbons (Fsp3) is 1.00. The molecule has 4 nitrogen and oxygen atoms in total. The number of ether oxygens (including phenoxy) is 1.